The summed E-state index contributed by atoms with van der Waals surface area (Å²) in [7, 11) is 0. The van der Waals surface area contributed by atoms with Crippen LogP contribution in [0.15, 0.2) is 18.2 Å². The Balaban J connectivity index is 1.80. The van der Waals surface area contributed by atoms with Crippen LogP contribution in [0.4, 0.5) is 5.69 Å². The summed E-state index contributed by atoms with van der Waals surface area (Å²) in [5.41, 5.74) is 1.98. The van der Waals surface area contributed by atoms with Gasteiger partial charge < -0.3 is 10.2 Å². The van der Waals surface area contributed by atoms with Gasteiger partial charge in [-0.3, -0.25) is 14.9 Å². The summed E-state index contributed by atoms with van der Waals surface area (Å²) in [5, 5.41) is 6.33. The van der Waals surface area contributed by atoms with Crippen LogP contribution in [-0.4, -0.2) is 38.0 Å². The molecule has 2 aliphatic heterocycles. The Morgan fingerprint density at radius 1 is 1.10 bits per heavy atom. The van der Waals surface area contributed by atoms with E-state index in [9.17, 15) is 9.59 Å². The molecule has 0 radical (unpaired) electrons. The topological polar surface area (TPSA) is 61.4 Å². The molecule has 0 aromatic heterocycles. The van der Waals surface area contributed by atoms with Crippen molar-refractivity contribution in [1.29, 1.82) is 0 Å². The van der Waals surface area contributed by atoms with Crippen molar-refractivity contribution in [3.8, 4) is 0 Å². The molecule has 1 aromatic rings. The third kappa shape index (κ3) is 3.19. The van der Waals surface area contributed by atoms with Crippen LogP contribution in [0.1, 0.15) is 24.3 Å². The maximum atomic E-state index is 11.5. The zero-order valence-corrected chi connectivity index (χ0v) is 12.4. The summed E-state index contributed by atoms with van der Waals surface area (Å²) >= 11 is 6.41. The van der Waals surface area contributed by atoms with E-state index in [1.807, 2.05) is 18.2 Å². The highest BCUT2D eigenvalue weighted by atomic mass is 35.5. The van der Waals surface area contributed by atoms with Gasteiger partial charge in [-0.2, -0.15) is 0 Å². The molecule has 2 amide bonds. The number of halogens is 1. The second-order valence-electron chi connectivity index (χ2n) is 5.52. The second-order valence-corrected chi connectivity index (χ2v) is 5.93. The lowest BCUT2D eigenvalue weighted by atomic mass is 9.89. The van der Waals surface area contributed by atoms with Gasteiger partial charge in [0.25, 0.3) is 0 Å². The molecule has 6 heteroatoms. The average Bonchev–Trinajstić information content (AvgIpc) is 2.47. The maximum Gasteiger partial charge on any atom is 0.227 e. The number of carbonyl (C=O) groups is 2. The van der Waals surface area contributed by atoms with Crippen molar-refractivity contribution in [2.45, 2.75) is 18.8 Å². The fraction of sp³-hybridized carbons (Fsp3) is 0.467. The second kappa shape index (κ2) is 6.03. The summed E-state index contributed by atoms with van der Waals surface area (Å²) in [4.78, 5) is 25.2. The van der Waals surface area contributed by atoms with Crippen LogP contribution in [-0.2, 0) is 9.59 Å². The Hall–Kier alpha value is -1.59. The normalized spacial score (nSPS) is 20.5. The number of hydrogen-bond acceptors (Lipinski definition) is 4. The molecule has 0 unspecified atom stereocenters. The van der Waals surface area contributed by atoms with Crippen molar-refractivity contribution >= 4 is 29.1 Å². The number of hydrogen-bond donors (Lipinski definition) is 2. The van der Waals surface area contributed by atoms with Crippen molar-refractivity contribution in [3.63, 3.8) is 0 Å². The van der Waals surface area contributed by atoms with Gasteiger partial charge in [0.15, 0.2) is 0 Å². The molecule has 2 N–H and O–H groups in total. The summed E-state index contributed by atoms with van der Waals surface area (Å²) in [5.74, 6) is -0.488. The molecule has 2 fully saturated rings. The first-order valence-corrected chi connectivity index (χ1v) is 7.59. The van der Waals surface area contributed by atoms with Crippen LogP contribution in [0, 0.1) is 0 Å². The Morgan fingerprint density at radius 3 is 2.38 bits per heavy atom. The zero-order valence-electron chi connectivity index (χ0n) is 11.7. The van der Waals surface area contributed by atoms with E-state index in [0.29, 0.717) is 17.9 Å². The molecular formula is C15H18ClN3O2. The number of amides is 2. The van der Waals surface area contributed by atoms with Gasteiger partial charge in [-0.25, -0.2) is 0 Å². The largest absolute Gasteiger partial charge is 0.368 e. The molecule has 0 aliphatic carbocycles. The van der Waals surface area contributed by atoms with Crippen molar-refractivity contribution in [3.05, 3.63) is 28.8 Å². The molecule has 112 valence electrons. The van der Waals surface area contributed by atoms with Gasteiger partial charge in [-0.1, -0.05) is 17.7 Å². The molecule has 1 aromatic carbocycles. The van der Waals surface area contributed by atoms with E-state index in [2.05, 4.69) is 15.5 Å². The van der Waals surface area contributed by atoms with Crippen LogP contribution < -0.4 is 15.5 Å². The number of anilines is 1. The standard InChI is InChI=1S/C15H18ClN3O2/c16-12-7-10(11-8-14(20)18-15(21)9-11)1-2-13(12)19-5-3-17-4-6-19/h1-2,7,11,17H,3-6,8-9H2,(H,18,20,21). The molecule has 2 heterocycles. The highest BCUT2D eigenvalue weighted by molar-refractivity contribution is 6.33. The van der Waals surface area contributed by atoms with Gasteiger partial charge in [0.05, 0.1) is 10.7 Å². The van der Waals surface area contributed by atoms with E-state index in [-0.39, 0.29) is 17.7 Å². The quantitative estimate of drug-likeness (QED) is 0.808. The number of imide groups is 1. The van der Waals surface area contributed by atoms with E-state index in [1.165, 1.54) is 0 Å². The van der Waals surface area contributed by atoms with Crippen LogP contribution >= 0.6 is 11.6 Å². The first kappa shape index (κ1) is 14.4. The van der Waals surface area contributed by atoms with Gasteiger partial charge in [0, 0.05) is 44.9 Å². The Labute approximate surface area is 128 Å². The summed E-state index contributed by atoms with van der Waals surface area (Å²) in [6.45, 7) is 3.78. The number of piperazine rings is 1. The third-order valence-corrected chi connectivity index (χ3v) is 4.35. The third-order valence-electron chi connectivity index (χ3n) is 4.04. The van der Waals surface area contributed by atoms with E-state index in [4.69, 9.17) is 11.6 Å². The molecule has 2 saturated heterocycles. The van der Waals surface area contributed by atoms with Crippen LogP contribution in [0.2, 0.25) is 5.02 Å². The minimum atomic E-state index is -0.210. The summed E-state index contributed by atoms with van der Waals surface area (Å²) < 4.78 is 0. The fourth-order valence-electron chi connectivity index (χ4n) is 2.95. The van der Waals surface area contributed by atoms with Crippen LogP contribution in [0.25, 0.3) is 0 Å². The number of benzene rings is 1. The maximum absolute atomic E-state index is 11.5. The lowest BCUT2D eigenvalue weighted by Gasteiger charge is -2.30. The lowest BCUT2D eigenvalue weighted by molar-refractivity contribution is -0.133. The van der Waals surface area contributed by atoms with Gasteiger partial charge in [0.2, 0.25) is 11.8 Å². The highest BCUT2D eigenvalue weighted by Gasteiger charge is 2.26. The lowest BCUT2D eigenvalue weighted by Crippen LogP contribution is -2.43. The highest BCUT2D eigenvalue weighted by Crippen LogP contribution is 2.33. The van der Waals surface area contributed by atoms with Crippen molar-refractivity contribution < 1.29 is 9.59 Å². The average molecular weight is 308 g/mol. The van der Waals surface area contributed by atoms with Crippen molar-refractivity contribution in [2.24, 2.45) is 0 Å². The van der Waals surface area contributed by atoms with Crippen LogP contribution in [0.5, 0.6) is 0 Å². The molecule has 2 aliphatic rings. The number of carbonyl (C=O) groups excluding carboxylic acids is 2. The van der Waals surface area contributed by atoms with Gasteiger partial charge in [-0.15, -0.1) is 0 Å². The summed E-state index contributed by atoms with van der Waals surface area (Å²) in [6, 6.07) is 5.88. The minimum Gasteiger partial charge on any atom is -0.368 e. The van der Waals surface area contributed by atoms with Crippen molar-refractivity contribution in [2.75, 3.05) is 31.1 Å². The molecule has 21 heavy (non-hydrogen) atoms. The van der Waals surface area contributed by atoms with Gasteiger partial charge >= 0.3 is 0 Å². The van der Waals surface area contributed by atoms with E-state index in [0.717, 1.165) is 37.4 Å². The number of nitrogens with zero attached hydrogens (tertiary/aromatic N) is 1. The number of piperidine rings is 1. The van der Waals surface area contributed by atoms with Crippen molar-refractivity contribution in [1.82, 2.24) is 10.6 Å². The number of nitrogens with one attached hydrogen (secondary N) is 2. The first-order valence-electron chi connectivity index (χ1n) is 7.21. The first-order chi connectivity index (χ1) is 10.1. The smallest absolute Gasteiger partial charge is 0.227 e. The molecule has 0 atom stereocenters. The molecule has 0 bridgehead atoms. The monoisotopic (exact) mass is 307 g/mol. The molecular weight excluding hydrogens is 290 g/mol. The zero-order chi connectivity index (χ0) is 14.8. The Bertz CT molecular complexity index is 554. The predicted molar refractivity (Wildman–Crippen MR) is 81.7 cm³/mol. The van der Waals surface area contributed by atoms with E-state index < -0.39 is 0 Å². The summed E-state index contributed by atoms with van der Waals surface area (Å²) in [6.07, 6.45) is 0.685. The van der Waals surface area contributed by atoms with E-state index in [1.54, 1.807) is 0 Å². The van der Waals surface area contributed by atoms with Gasteiger partial charge in [0.1, 0.15) is 0 Å². The Morgan fingerprint density at radius 2 is 1.76 bits per heavy atom. The Kier molecular flexibility index (Phi) is 4.12. The molecule has 5 nitrogen and oxygen atoms in total. The fourth-order valence-corrected chi connectivity index (χ4v) is 3.26. The molecule has 0 spiro atoms. The number of rotatable bonds is 2. The minimum absolute atomic E-state index is 0.0687. The van der Waals surface area contributed by atoms with Crippen LogP contribution in [0.3, 0.4) is 0 Å². The van der Waals surface area contributed by atoms with Gasteiger partial charge in [-0.05, 0) is 17.7 Å². The van der Waals surface area contributed by atoms with E-state index >= 15 is 0 Å². The molecule has 0 saturated carbocycles. The molecule has 3 rings (SSSR count). The predicted octanol–water partition coefficient (Wildman–Crippen LogP) is 1.27. The SMILES string of the molecule is O=C1CC(c2ccc(N3CCNCC3)c(Cl)c2)CC(=O)N1.